The highest BCUT2D eigenvalue weighted by Crippen LogP contribution is 2.29. The van der Waals surface area contributed by atoms with Crippen LogP contribution in [0.1, 0.15) is 31.3 Å². The third kappa shape index (κ3) is 4.22. The second kappa shape index (κ2) is 8.79. The Kier molecular flexibility index (Phi) is 5.83. The minimum atomic E-state index is -3.63. The maximum atomic E-state index is 13.2. The fourth-order valence-corrected chi connectivity index (χ4v) is 7.01. The van der Waals surface area contributed by atoms with Gasteiger partial charge in [0.25, 0.3) is 21.8 Å². The van der Waals surface area contributed by atoms with Gasteiger partial charge in [-0.05, 0) is 29.8 Å². The molecule has 2 aliphatic heterocycles. The summed E-state index contributed by atoms with van der Waals surface area (Å²) in [5, 5.41) is 0. The molecule has 8 nitrogen and oxygen atoms in total. The van der Waals surface area contributed by atoms with Crippen molar-refractivity contribution in [1.29, 1.82) is 0 Å². The third-order valence-corrected chi connectivity index (χ3v) is 9.29. The predicted octanol–water partition coefficient (Wildman–Crippen LogP) is 2.45. The minimum Gasteiger partial charge on any atom is -0.296 e. The molecule has 0 radical (unpaired) electrons. The van der Waals surface area contributed by atoms with Gasteiger partial charge in [-0.2, -0.15) is 4.31 Å². The number of sulfonamides is 1. The molecule has 33 heavy (non-hydrogen) atoms. The Labute approximate surface area is 196 Å². The molecule has 1 saturated heterocycles. The standard InChI is InChI=1S/C23H22N4O4S2/c28-22-19-7-4-10-24-21(19)23(29)27(22)16-18-8-9-20(32-18)33(30,31)26-13-11-25(12-14-26)15-17-5-2-1-3-6-17/h1-10H,11-16H2. The van der Waals surface area contributed by atoms with E-state index in [1.807, 2.05) is 18.2 Å². The van der Waals surface area contributed by atoms with E-state index in [4.69, 9.17) is 0 Å². The van der Waals surface area contributed by atoms with Crippen LogP contribution in [-0.2, 0) is 23.1 Å². The van der Waals surface area contributed by atoms with Crippen LogP contribution >= 0.6 is 11.3 Å². The van der Waals surface area contributed by atoms with E-state index in [1.54, 1.807) is 24.3 Å². The van der Waals surface area contributed by atoms with Crippen molar-refractivity contribution in [3.63, 3.8) is 0 Å². The van der Waals surface area contributed by atoms with E-state index in [9.17, 15) is 18.0 Å². The van der Waals surface area contributed by atoms with Crippen LogP contribution in [0.2, 0.25) is 0 Å². The van der Waals surface area contributed by atoms with Gasteiger partial charge in [-0.15, -0.1) is 11.3 Å². The summed E-state index contributed by atoms with van der Waals surface area (Å²) in [6, 6.07) is 16.5. The molecule has 5 rings (SSSR count). The quantitative estimate of drug-likeness (QED) is 0.502. The van der Waals surface area contributed by atoms with Gasteiger partial charge >= 0.3 is 0 Å². The minimum absolute atomic E-state index is 0.0269. The molecule has 0 unspecified atom stereocenters. The number of fused-ring (bicyclic) bond motifs is 1. The lowest BCUT2D eigenvalue weighted by molar-refractivity contribution is 0.0642. The molecule has 4 heterocycles. The number of benzene rings is 1. The molecule has 0 spiro atoms. The molecular weight excluding hydrogens is 460 g/mol. The van der Waals surface area contributed by atoms with E-state index >= 15 is 0 Å². The van der Waals surface area contributed by atoms with Gasteiger partial charge in [0.1, 0.15) is 9.90 Å². The van der Waals surface area contributed by atoms with Gasteiger partial charge in [-0.3, -0.25) is 24.4 Å². The van der Waals surface area contributed by atoms with Crippen molar-refractivity contribution in [1.82, 2.24) is 19.1 Å². The van der Waals surface area contributed by atoms with Crippen LogP contribution in [0.3, 0.4) is 0 Å². The van der Waals surface area contributed by atoms with Crippen molar-refractivity contribution in [2.45, 2.75) is 17.3 Å². The Hall–Kier alpha value is -2.92. The molecule has 1 fully saturated rings. The number of carbonyl (C=O) groups excluding carboxylic acids is 2. The smallest absolute Gasteiger partial charge is 0.280 e. The summed E-state index contributed by atoms with van der Waals surface area (Å²) in [4.78, 5) is 33.1. The van der Waals surface area contributed by atoms with Crippen molar-refractivity contribution in [3.8, 4) is 0 Å². The summed E-state index contributed by atoms with van der Waals surface area (Å²) in [7, 11) is -3.63. The van der Waals surface area contributed by atoms with Gasteiger partial charge in [0, 0.05) is 43.8 Å². The predicted molar refractivity (Wildman–Crippen MR) is 123 cm³/mol. The Balaban J connectivity index is 1.23. The zero-order valence-electron chi connectivity index (χ0n) is 17.8. The van der Waals surface area contributed by atoms with Gasteiger partial charge < -0.3 is 0 Å². The molecular formula is C23H22N4O4S2. The number of thiophene rings is 1. The summed E-state index contributed by atoms with van der Waals surface area (Å²) in [5.41, 5.74) is 1.63. The van der Waals surface area contributed by atoms with Gasteiger partial charge in [-0.25, -0.2) is 8.42 Å². The Bertz CT molecular complexity index is 1260. The number of imide groups is 1. The second-order valence-electron chi connectivity index (χ2n) is 7.98. The van der Waals surface area contributed by atoms with Gasteiger partial charge in [0.2, 0.25) is 0 Å². The fraction of sp³-hybridized carbons (Fsp3) is 0.261. The Morgan fingerprint density at radius 3 is 2.33 bits per heavy atom. The first-order valence-corrected chi connectivity index (χ1v) is 12.9. The molecule has 2 aromatic heterocycles. The Morgan fingerprint density at radius 2 is 1.61 bits per heavy atom. The van der Waals surface area contributed by atoms with Crippen molar-refractivity contribution in [2.24, 2.45) is 0 Å². The second-order valence-corrected chi connectivity index (χ2v) is 11.3. The summed E-state index contributed by atoms with van der Waals surface area (Å²) in [6.07, 6.45) is 1.48. The molecule has 3 aromatic rings. The van der Waals surface area contributed by atoms with Crippen molar-refractivity contribution >= 4 is 33.2 Å². The molecule has 2 aliphatic rings. The van der Waals surface area contributed by atoms with E-state index in [0.29, 0.717) is 31.1 Å². The van der Waals surface area contributed by atoms with Gasteiger partial charge in [-0.1, -0.05) is 30.3 Å². The highest BCUT2D eigenvalue weighted by atomic mass is 32.2. The molecule has 0 N–H and O–H groups in total. The highest BCUT2D eigenvalue weighted by molar-refractivity contribution is 7.91. The fourth-order valence-electron chi connectivity index (χ4n) is 4.09. The molecule has 10 heteroatoms. The topological polar surface area (TPSA) is 90.9 Å². The normalized spacial score (nSPS) is 17.5. The number of piperazine rings is 1. The monoisotopic (exact) mass is 482 g/mol. The number of amides is 2. The molecule has 0 atom stereocenters. The molecule has 0 bridgehead atoms. The average molecular weight is 483 g/mol. The van der Waals surface area contributed by atoms with E-state index in [1.165, 1.54) is 16.1 Å². The summed E-state index contributed by atoms with van der Waals surface area (Å²) < 4.78 is 28.1. The number of nitrogens with zero attached hydrogens (tertiary/aromatic N) is 4. The van der Waals surface area contributed by atoms with Crippen LogP contribution in [0.25, 0.3) is 0 Å². The van der Waals surface area contributed by atoms with Crippen LogP contribution in [0.5, 0.6) is 0 Å². The SMILES string of the molecule is O=C1c2cccnc2C(=O)N1Cc1ccc(S(=O)(=O)N2CCN(Cc3ccccc3)CC2)s1. The summed E-state index contributed by atoms with van der Waals surface area (Å²) in [6.45, 7) is 2.99. The largest absolute Gasteiger partial charge is 0.296 e. The number of hydrogen-bond acceptors (Lipinski definition) is 7. The van der Waals surface area contributed by atoms with Crippen LogP contribution < -0.4 is 0 Å². The van der Waals surface area contributed by atoms with E-state index in [2.05, 4.69) is 22.0 Å². The first-order valence-electron chi connectivity index (χ1n) is 10.6. The average Bonchev–Trinajstić information content (AvgIpc) is 3.40. The van der Waals surface area contributed by atoms with Gasteiger partial charge in [0.05, 0.1) is 12.1 Å². The first-order chi connectivity index (χ1) is 15.9. The van der Waals surface area contributed by atoms with Crippen LogP contribution in [0, 0.1) is 0 Å². The van der Waals surface area contributed by atoms with Gasteiger partial charge in [0.15, 0.2) is 0 Å². The number of hydrogen-bond donors (Lipinski definition) is 0. The van der Waals surface area contributed by atoms with Crippen molar-refractivity contribution in [2.75, 3.05) is 26.2 Å². The first kappa shape index (κ1) is 21.9. The zero-order chi connectivity index (χ0) is 23.0. The zero-order valence-corrected chi connectivity index (χ0v) is 19.4. The maximum absolute atomic E-state index is 13.2. The molecule has 0 saturated carbocycles. The molecule has 0 aliphatic carbocycles. The number of aromatic nitrogens is 1. The molecule has 2 amide bonds. The van der Waals surface area contributed by atoms with Crippen molar-refractivity contribution in [3.05, 3.63) is 82.5 Å². The lowest BCUT2D eigenvalue weighted by Crippen LogP contribution is -2.48. The number of pyridine rings is 1. The molecule has 1 aromatic carbocycles. The summed E-state index contributed by atoms with van der Waals surface area (Å²) in [5.74, 6) is -0.863. The number of rotatable bonds is 6. The van der Waals surface area contributed by atoms with Crippen LogP contribution in [-0.4, -0.2) is 65.5 Å². The third-order valence-electron chi connectivity index (χ3n) is 5.86. The van der Waals surface area contributed by atoms with E-state index < -0.39 is 21.8 Å². The summed E-state index contributed by atoms with van der Waals surface area (Å²) >= 11 is 1.10. The highest BCUT2D eigenvalue weighted by Gasteiger charge is 2.37. The van der Waals surface area contributed by atoms with Crippen LogP contribution in [0.4, 0.5) is 0 Å². The lowest BCUT2D eigenvalue weighted by Gasteiger charge is -2.33. The van der Waals surface area contributed by atoms with E-state index in [0.717, 1.165) is 22.8 Å². The van der Waals surface area contributed by atoms with Crippen molar-refractivity contribution < 1.29 is 18.0 Å². The Morgan fingerprint density at radius 1 is 0.848 bits per heavy atom. The van der Waals surface area contributed by atoms with Crippen LogP contribution in [0.15, 0.2) is 65.0 Å². The molecule has 170 valence electrons. The number of carbonyl (C=O) groups is 2. The maximum Gasteiger partial charge on any atom is 0.280 e. The van der Waals surface area contributed by atoms with E-state index in [-0.39, 0.29) is 22.0 Å². The lowest BCUT2D eigenvalue weighted by atomic mass is 10.2.